The lowest BCUT2D eigenvalue weighted by atomic mass is 10.1. The van der Waals surface area contributed by atoms with E-state index in [1.165, 1.54) is 21.1 Å². The van der Waals surface area contributed by atoms with Gasteiger partial charge in [0.1, 0.15) is 24.6 Å². The highest BCUT2D eigenvalue weighted by molar-refractivity contribution is 14.1. The van der Waals surface area contributed by atoms with Crippen molar-refractivity contribution in [2.45, 2.75) is 31.1 Å². The number of hydrogen-bond donors (Lipinski definition) is 4. The van der Waals surface area contributed by atoms with Crippen molar-refractivity contribution in [2.75, 3.05) is 11.9 Å². The number of aliphatic hydroxyl groups excluding tert-OH is 3. The van der Waals surface area contributed by atoms with Crippen molar-refractivity contribution >= 4 is 50.9 Å². The van der Waals surface area contributed by atoms with Crippen molar-refractivity contribution in [3.8, 4) is 0 Å². The van der Waals surface area contributed by atoms with Crippen LogP contribution in [0, 0.1) is 3.57 Å². The van der Waals surface area contributed by atoms with E-state index in [0.717, 1.165) is 0 Å². The maximum absolute atomic E-state index is 10.2. The van der Waals surface area contributed by atoms with Crippen LogP contribution in [0.1, 0.15) is 11.1 Å². The smallest absolute Gasteiger partial charge is 0.167 e. The summed E-state index contributed by atoms with van der Waals surface area (Å²) < 4.78 is 8.28. The van der Waals surface area contributed by atoms with Gasteiger partial charge in [0.15, 0.2) is 23.2 Å². The first kappa shape index (κ1) is 18.0. The molecule has 0 aromatic carbocycles. The van der Waals surface area contributed by atoms with Crippen molar-refractivity contribution < 1.29 is 20.1 Å². The molecule has 9 nitrogen and oxygen atoms in total. The summed E-state index contributed by atoms with van der Waals surface area (Å²) in [6.07, 6.45) is -1.21. The maximum Gasteiger partial charge on any atom is 0.167 e. The fourth-order valence-corrected chi connectivity index (χ4v) is 4.59. The summed E-state index contributed by atoms with van der Waals surface area (Å²) in [6, 6.07) is 2.05. The van der Waals surface area contributed by atoms with Crippen LogP contribution in [-0.2, 0) is 11.3 Å². The number of aliphatic hydroxyl groups is 3. The van der Waals surface area contributed by atoms with Crippen LogP contribution in [0.3, 0.4) is 0 Å². The Hall–Kier alpha value is -1.38. The molecule has 3 aromatic heterocycles. The molecule has 1 fully saturated rings. The van der Waals surface area contributed by atoms with Crippen LogP contribution in [0.2, 0.25) is 0 Å². The average molecular weight is 489 g/mol. The fourth-order valence-electron chi connectivity index (χ4n) is 2.89. The molecule has 0 spiro atoms. The van der Waals surface area contributed by atoms with Crippen LogP contribution in [0.5, 0.6) is 0 Å². The van der Waals surface area contributed by atoms with Gasteiger partial charge in [0.25, 0.3) is 0 Å². The molecule has 26 heavy (non-hydrogen) atoms. The molecule has 4 N–H and O–H groups in total. The van der Waals surface area contributed by atoms with E-state index >= 15 is 0 Å². The van der Waals surface area contributed by atoms with Gasteiger partial charge in [-0.1, -0.05) is 0 Å². The Kier molecular flexibility index (Phi) is 5.07. The molecule has 4 atom stereocenters. The Bertz CT molecular complexity index is 918. The molecular formula is C15H16IN5O4S. The van der Waals surface area contributed by atoms with E-state index in [2.05, 4.69) is 42.9 Å². The predicted octanol–water partition coefficient (Wildman–Crippen LogP) is 0.716. The van der Waals surface area contributed by atoms with Gasteiger partial charge in [0.05, 0.1) is 19.5 Å². The van der Waals surface area contributed by atoms with E-state index in [1.807, 2.05) is 11.4 Å². The highest BCUT2D eigenvalue weighted by Gasteiger charge is 2.44. The highest BCUT2D eigenvalue weighted by atomic mass is 127. The van der Waals surface area contributed by atoms with Crippen molar-refractivity contribution in [1.82, 2.24) is 19.5 Å². The molecule has 1 aliphatic heterocycles. The summed E-state index contributed by atoms with van der Waals surface area (Å²) in [5.74, 6) is 0.574. The monoisotopic (exact) mass is 489 g/mol. The maximum atomic E-state index is 10.2. The van der Waals surface area contributed by atoms with Crippen molar-refractivity contribution in [3.63, 3.8) is 0 Å². The molecule has 4 rings (SSSR count). The standard InChI is InChI=1S/C15H16IN5O4S/c16-7-1-2-26-9(7)3-17-13-10-14(19-5-18-13)21(6-20-10)15-12(24)11(23)8(4-22)25-15/h1-2,5-6,8,11-12,15,22-24H,3-4H2,(H,17,18,19)/t8-,11-,12-,15-/m1/s1. The first-order valence-electron chi connectivity index (χ1n) is 7.86. The zero-order valence-corrected chi connectivity index (χ0v) is 16.3. The Morgan fingerprint density at radius 2 is 2.12 bits per heavy atom. The second kappa shape index (κ2) is 7.32. The number of imidazole rings is 1. The number of fused-ring (bicyclic) bond motifs is 1. The van der Waals surface area contributed by atoms with Gasteiger partial charge >= 0.3 is 0 Å². The molecule has 0 bridgehead atoms. The third-order valence-corrected chi connectivity index (χ3v) is 6.56. The lowest BCUT2D eigenvalue weighted by Crippen LogP contribution is -2.33. The minimum atomic E-state index is -1.19. The number of ether oxygens (including phenoxy) is 1. The normalized spacial score (nSPS) is 25.8. The molecule has 138 valence electrons. The van der Waals surface area contributed by atoms with Gasteiger partial charge in [-0.25, -0.2) is 15.0 Å². The number of anilines is 1. The molecule has 0 radical (unpaired) electrons. The molecule has 0 unspecified atom stereocenters. The third kappa shape index (κ3) is 3.08. The van der Waals surface area contributed by atoms with E-state index in [-0.39, 0.29) is 6.61 Å². The largest absolute Gasteiger partial charge is 0.394 e. The molecule has 11 heteroatoms. The first-order chi connectivity index (χ1) is 12.6. The topological polar surface area (TPSA) is 126 Å². The van der Waals surface area contributed by atoms with E-state index in [0.29, 0.717) is 23.5 Å². The number of halogens is 1. The zero-order chi connectivity index (χ0) is 18.3. The van der Waals surface area contributed by atoms with E-state index < -0.39 is 24.5 Å². The summed E-state index contributed by atoms with van der Waals surface area (Å²) in [7, 11) is 0. The Morgan fingerprint density at radius 3 is 2.81 bits per heavy atom. The molecule has 1 saturated heterocycles. The Balaban J connectivity index is 1.62. The first-order valence-corrected chi connectivity index (χ1v) is 9.81. The number of rotatable bonds is 5. The summed E-state index contributed by atoms with van der Waals surface area (Å²) in [6.45, 7) is 0.228. The molecule has 0 saturated carbocycles. The number of thiophene rings is 1. The van der Waals surface area contributed by atoms with E-state index in [4.69, 9.17) is 4.74 Å². The van der Waals surface area contributed by atoms with Gasteiger partial charge < -0.3 is 25.4 Å². The van der Waals surface area contributed by atoms with E-state index in [9.17, 15) is 15.3 Å². The van der Waals surface area contributed by atoms with Crippen molar-refractivity contribution in [1.29, 1.82) is 0 Å². The van der Waals surface area contributed by atoms with Crippen molar-refractivity contribution in [2.24, 2.45) is 0 Å². The van der Waals surface area contributed by atoms with Crippen LogP contribution in [0.4, 0.5) is 5.82 Å². The molecule has 0 aliphatic carbocycles. The number of nitrogens with zero attached hydrogens (tertiary/aromatic N) is 4. The van der Waals surface area contributed by atoms with Gasteiger partial charge in [-0.05, 0) is 34.0 Å². The zero-order valence-electron chi connectivity index (χ0n) is 13.4. The van der Waals surface area contributed by atoms with Gasteiger partial charge in [-0.2, -0.15) is 0 Å². The highest BCUT2D eigenvalue weighted by Crippen LogP contribution is 2.32. The Morgan fingerprint density at radius 1 is 1.27 bits per heavy atom. The summed E-state index contributed by atoms with van der Waals surface area (Å²) in [5, 5.41) is 34.7. The van der Waals surface area contributed by atoms with Crippen LogP contribution >= 0.6 is 33.9 Å². The molecular weight excluding hydrogens is 473 g/mol. The van der Waals surface area contributed by atoms with Crippen LogP contribution < -0.4 is 5.32 Å². The van der Waals surface area contributed by atoms with Gasteiger partial charge in [-0.15, -0.1) is 11.3 Å². The molecule has 0 amide bonds. The minimum absolute atomic E-state index is 0.386. The van der Waals surface area contributed by atoms with Crippen LogP contribution in [0.15, 0.2) is 24.1 Å². The molecule has 3 aromatic rings. The SMILES string of the molecule is OC[C@H]1O[C@@H](n2cnc3c(NCc4sccc4I)ncnc32)[C@H](O)[C@@H]1O. The second-order valence-electron chi connectivity index (χ2n) is 5.82. The summed E-state index contributed by atoms with van der Waals surface area (Å²) >= 11 is 3.94. The molecule has 4 heterocycles. The lowest BCUT2D eigenvalue weighted by molar-refractivity contribution is -0.0511. The van der Waals surface area contributed by atoms with Crippen molar-refractivity contribution in [3.05, 3.63) is 32.5 Å². The minimum Gasteiger partial charge on any atom is -0.394 e. The second-order valence-corrected chi connectivity index (χ2v) is 7.98. The third-order valence-electron chi connectivity index (χ3n) is 4.26. The number of hydrogen-bond acceptors (Lipinski definition) is 9. The summed E-state index contributed by atoms with van der Waals surface area (Å²) in [5.41, 5.74) is 1.01. The Labute approximate surface area is 165 Å². The lowest BCUT2D eigenvalue weighted by Gasteiger charge is -2.16. The van der Waals surface area contributed by atoms with Crippen LogP contribution in [0.25, 0.3) is 11.2 Å². The average Bonchev–Trinajstić information content (AvgIpc) is 3.32. The van der Waals surface area contributed by atoms with E-state index in [1.54, 1.807) is 15.9 Å². The fraction of sp³-hybridized carbons (Fsp3) is 0.400. The number of aromatic nitrogens is 4. The van der Waals surface area contributed by atoms with Crippen LogP contribution in [-0.4, -0.2) is 59.8 Å². The van der Waals surface area contributed by atoms with Gasteiger partial charge in [-0.3, -0.25) is 4.57 Å². The summed E-state index contributed by atoms with van der Waals surface area (Å²) in [4.78, 5) is 14.0. The quantitative estimate of drug-likeness (QED) is 0.387. The number of nitrogens with one attached hydrogen (secondary N) is 1. The van der Waals surface area contributed by atoms with Gasteiger partial charge in [0, 0.05) is 8.45 Å². The predicted molar refractivity (Wildman–Crippen MR) is 103 cm³/mol. The van der Waals surface area contributed by atoms with Gasteiger partial charge in [0.2, 0.25) is 0 Å². The molecule has 1 aliphatic rings.